The number of carbonyl (C=O) groups is 2. The minimum atomic E-state index is -0.00780. The van der Waals surface area contributed by atoms with Crippen molar-refractivity contribution in [2.45, 2.75) is 64.1 Å². The Kier molecular flexibility index (Phi) is 4.55. The molecule has 2 N–H and O–H groups in total. The molecule has 0 spiro atoms. The van der Waals surface area contributed by atoms with Gasteiger partial charge in [-0.15, -0.1) is 0 Å². The van der Waals surface area contributed by atoms with Crippen molar-refractivity contribution in [2.24, 2.45) is 0 Å². The predicted octanol–water partition coefficient (Wildman–Crippen LogP) is 3.05. The fourth-order valence-electron chi connectivity index (χ4n) is 4.03. The van der Waals surface area contributed by atoms with Crippen LogP contribution in [0.1, 0.15) is 44.6 Å². The van der Waals surface area contributed by atoms with E-state index in [1.807, 2.05) is 36.1 Å². The molecule has 0 aliphatic carbocycles. The largest absolute Gasteiger partial charge is 0.353 e. The molecule has 2 bridgehead atoms. The Balaban J connectivity index is 1.69. The van der Waals surface area contributed by atoms with Crippen LogP contribution in [-0.2, 0) is 4.79 Å². The van der Waals surface area contributed by atoms with Crippen LogP contribution in [0.15, 0.2) is 24.3 Å². The van der Waals surface area contributed by atoms with Crippen LogP contribution >= 0.6 is 0 Å². The first-order valence-electron chi connectivity index (χ1n) is 8.46. The van der Waals surface area contributed by atoms with E-state index in [0.29, 0.717) is 0 Å². The molecule has 1 aromatic carbocycles. The molecule has 5 heteroatoms. The van der Waals surface area contributed by atoms with Gasteiger partial charge in [-0.3, -0.25) is 4.79 Å². The number of nitrogens with one attached hydrogen (secondary N) is 2. The van der Waals surface area contributed by atoms with Crippen molar-refractivity contribution in [1.82, 2.24) is 10.2 Å². The average molecular weight is 315 g/mol. The standard InChI is InChI=1S/C18H25N3O2/c1-12-5-3-6-14(9-12)20-18(23)21-16-7-4-8-17(21)11-15(10-16)19-13(2)22/h3,5-6,9,15-17H,4,7-8,10-11H2,1-2H3,(H,19,22)(H,20,23)/t16-,17-/m0/s1. The Bertz CT molecular complexity index is 588. The lowest BCUT2D eigenvalue weighted by Crippen LogP contribution is -2.59. The molecule has 2 fully saturated rings. The van der Waals surface area contributed by atoms with Gasteiger partial charge in [-0.25, -0.2) is 4.79 Å². The van der Waals surface area contributed by atoms with Crippen LogP contribution in [0, 0.1) is 6.92 Å². The Morgan fingerprint density at radius 1 is 1.17 bits per heavy atom. The molecule has 0 aromatic heterocycles. The fraction of sp³-hybridized carbons (Fsp3) is 0.556. The van der Waals surface area contributed by atoms with E-state index in [4.69, 9.17) is 0 Å². The molecule has 23 heavy (non-hydrogen) atoms. The number of carbonyl (C=O) groups excluding carboxylic acids is 2. The molecular formula is C18H25N3O2. The van der Waals surface area contributed by atoms with Gasteiger partial charge in [-0.2, -0.15) is 0 Å². The first kappa shape index (κ1) is 15.8. The summed E-state index contributed by atoms with van der Waals surface area (Å²) in [4.78, 5) is 26.1. The van der Waals surface area contributed by atoms with E-state index >= 15 is 0 Å². The van der Waals surface area contributed by atoms with Crippen LogP contribution in [0.25, 0.3) is 0 Å². The molecule has 0 radical (unpaired) electrons. The Hall–Kier alpha value is -2.04. The number of hydrogen-bond donors (Lipinski definition) is 2. The third kappa shape index (κ3) is 3.66. The number of urea groups is 1. The van der Waals surface area contributed by atoms with E-state index in [1.54, 1.807) is 6.92 Å². The number of hydrogen-bond acceptors (Lipinski definition) is 2. The van der Waals surface area contributed by atoms with Gasteiger partial charge in [0, 0.05) is 30.7 Å². The molecular weight excluding hydrogens is 290 g/mol. The molecule has 2 aliphatic rings. The van der Waals surface area contributed by atoms with Gasteiger partial charge in [0.1, 0.15) is 0 Å². The number of benzene rings is 1. The number of fused-ring (bicyclic) bond motifs is 2. The first-order valence-corrected chi connectivity index (χ1v) is 8.46. The SMILES string of the molecule is CC(=O)NC1C[C@@H]2CCC[C@@H](C1)N2C(=O)Nc1cccc(C)c1. The summed E-state index contributed by atoms with van der Waals surface area (Å²) in [6.45, 7) is 3.58. The van der Waals surface area contributed by atoms with Crippen molar-refractivity contribution >= 4 is 17.6 Å². The van der Waals surface area contributed by atoms with Gasteiger partial charge in [-0.05, 0) is 56.7 Å². The molecule has 2 aliphatic heterocycles. The highest BCUT2D eigenvalue weighted by molar-refractivity contribution is 5.90. The minimum Gasteiger partial charge on any atom is -0.353 e. The average Bonchev–Trinajstić information content (AvgIpc) is 2.45. The van der Waals surface area contributed by atoms with E-state index in [2.05, 4.69) is 10.6 Å². The van der Waals surface area contributed by atoms with Crippen molar-refractivity contribution in [1.29, 1.82) is 0 Å². The second-order valence-corrected chi connectivity index (χ2v) is 6.81. The van der Waals surface area contributed by atoms with E-state index in [0.717, 1.165) is 43.4 Å². The van der Waals surface area contributed by atoms with Crippen LogP contribution in [0.5, 0.6) is 0 Å². The van der Waals surface area contributed by atoms with E-state index in [1.165, 1.54) is 0 Å². The van der Waals surface area contributed by atoms with Crippen molar-refractivity contribution in [2.75, 3.05) is 5.32 Å². The van der Waals surface area contributed by atoms with Crippen molar-refractivity contribution < 1.29 is 9.59 Å². The summed E-state index contributed by atoms with van der Waals surface area (Å²) in [6, 6.07) is 8.52. The van der Waals surface area contributed by atoms with Gasteiger partial charge in [0.15, 0.2) is 0 Å². The van der Waals surface area contributed by atoms with Crippen molar-refractivity contribution in [3.8, 4) is 0 Å². The normalized spacial score (nSPS) is 26.5. The molecule has 0 saturated carbocycles. The zero-order valence-electron chi connectivity index (χ0n) is 13.8. The molecule has 3 amide bonds. The van der Waals surface area contributed by atoms with Crippen LogP contribution in [0.2, 0.25) is 0 Å². The van der Waals surface area contributed by atoms with Gasteiger partial charge in [0.05, 0.1) is 0 Å². The summed E-state index contributed by atoms with van der Waals surface area (Å²) in [6.07, 6.45) is 4.92. The lowest BCUT2D eigenvalue weighted by molar-refractivity contribution is -0.120. The van der Waals surface area contributed by atoms with E-state index < -0.39 is 0 Å². The smallest absolute Gasteiger partial charge is 0.322 e. The van der Waals surface area contributed by atoms with E-state index in [9.17, 15) is 9.59 Å². The lowest BCUT2D eigenvalue weighted by Gasteiger charge is -2.48. The molecule has 1 aromatic rings. The number of piperidine rings is 2. The van der Waals surface area contributed by atoms with Crippen molar-refractivity contribution in [3.05, 3.63) is 29.8 Å². The van der Waals surface area contributed by atoms with Crippen LogP contribution in [0.4, 0.5) is 10.5 Å². The van der Waals surface area contributed by atoms with Gasteiger partial charge in [-0.1, -0.05) is 12.1 Å². The monoisotopic (exact) mass is 315 g/mol. The summed E-state index contributed by atoms with van der Waals surface area (Å²) in [7, 11) is 0. The maximum atomic E-state index is 12.7. The number of anilines is 1. The molecule has 124 valence electrons. The van der Waals surface area contributed by atoms with Crippen molar-refractivity contribution in [3.63, 3.8) is 0 Å². The van der Waals surface area contributed by atoms with E-state index in [-0.39, 0.29) is 30.1 Å². The Morgan fingerprint density at radius 2 is 1.87 bits per heavy atom. The third-order valence-electron chi connectivity index (χ3n) is 4.89. The molecule has 2 saturated heterocycles. The highest BCUT2D eigenvalue weighted by Gasteiger charge is 2.41. The molecule has 3 rings (SSSR count). The Labute approximate surface area is 137 Å². The molecule has 2 atom stereocenters. The highest BCUT2D eigenvalue weighted by Crippen LogP contribution is 2.34. The maximum Gasteiger partial charge on any atom is 0.322 e. The Morgan fingerprint density at radius 3 is 2.48 bits per heavy atom. The summed E-state index contributed by atoms with van der Waals surface area (Å²) in [5.74, 6) is 0.0192. The predicted molar refractivity (Wildman–Crippen MR) is 90.3 cm³/mol. The summed E-state index contributed by atoms with van der Waals surface area (Å²) in [5.41, 5.74) is 1.98. The first-order chi connectivity index (χ1) is 11.0. The fourth-order valence-corrected chi connectivity index (χ4v) is 4.03. The topological polar surface area (TPSA) is 61.4 Å². The van der Waals surface area contributed by atoms with Gasteiger partial charge in [0.2, 0.25) is 5.91 Å². The molecule has 5 nitrogen and oxygen atoms in total. The molecule has 2 heterocycles. The number of rotatable bonds is 2. The van der Waals surface area contributed by atoms with Crippen LogP contribution in [-0.4, -0.2) is 35.0 Å². The number of nitrogens with zero attached hydrogens (tertiary/aromatic N) is 1. The summed E-state index contributed by atoms with van der Waals surface area (Å²) >= 11 is 0. The van der Waals surface area contributed by atoms with Crippen LogP contribution in [0.3, 0.4) is 0 Å². The highest BCUT2D eigenvalue weighted by atomic mass is 16.2. The van der Waals surface area contributed by atoms with Gasteiger partial charge in [0.25, 0.3) is 0 Å². The quantitative estimate of drug-likeness (QED) is 0.881. The third-order valence-corrected chi connectivity index (χ3v) is 4.89. The summed E-state index contributed by atoms with van der Waals surface area (Å²) < 4.78 is 0. The summed E-state index contributed by atoms with van der Waals surface area (Å²) in [5, 5.41) is 6.07. The minimum absolute atomic E-state index is 0.00780. The lowest BCUT2D eigenvalue weighted by atomic mass is 9.82. The number of aryl methyl sites for hydroxylation is 1. The van der Waals surface area contributed by atoms with Crippen LogP contribution < -0.4 is 10.6 Å². The number of amides is 3. The van der Waals surface area contributed by atoms with Gasteiger partial charge < -0.3 is 15.5 Å². The zero-order valence-corrected chi connectivity index (χ0v) is 13.8. The maximum absolute atomic E-state index is 12.7. The molecule has 0 unspecified atom stereocenters. The second-order valence-electron chi connectivity index (χ2n) is 6.81. The zero-order chi connectivity index (χ0) is 16.4. The second kappa shape index (κ2) is 6.60. The van der Waals surface area contributed by atoms with Gasteiger partial charge >= 0.3 is 6.03 Å².